The van der Waals surface area contributed by atoms with E-state index in [1.165, 1.54) is 37.2 Å². The zero-order valence-electron chi connectivity index (χ0n) is 11.2. The van der Waals surface area contributed by atoms with E-state index in [4.69, 9.17) is 5.73 Å². The normalized spacial score (nSPS) is 18.0. The van der Waals surface area contributed by atoms with Gasteiger partial charge in [-0.1, -0.05) is 22.0 Å². The molecule has 0 radical (unpaired) electrons. The van der Waals surface area contributed by atoms with Crippen molar-refractivity contribution in [1.29, 1.82) is 0 Å². The van der Waals surface area contributed by atoms with Crippen molar-refractivity contribution in [2.75, 3.05) is 32.1 Å². The molecule has 2 rings (SSSR count). The molecule has 0 amide bonds. The number of rotatable bonds is 3. The zero-order valence-corrected chi connectivity index (χ0v) is 12.8. The second kappa shape index (κ2) is 6.04. The van der Waals surface area contributed by atoms with E-state index in [1.807, 2.05) is 0 Å². The minimum absolute atomic E-state index is 0.577. The van der Waals surface area contributed by atoms with E-state index in [9.17, 15) is 0 Å². The smallest absolute Gasteiger partial charge is 0.0423 e. The second-order valence-electron chi connectivity index (χ2n) is 5.09. The number of benzene rings is 1. The van der Waals surface area contributed by atoms with Crippen LogP contribution in [0, 0.1) is 0 Å². The fourth-order valence-electron chi connectivity index (χ4n) is 2.66. The lowest BCUT2D eigenvalue weighted by atomic mass is 10.0. The minimum atomic E-state index is 0.577. The van der Waals surface area contributed by atoms with E-state index in [2.05, 4.69) is 58.0 Å². The largest absolute Gasteiger partial charge is 0.371 e. The minimum Gasteiger partial charge on any atom is -0.371 e. The van der Waals surface area contributed by atoms with Gasteiger partial charge in [0, 0.05) is 35.4 Å². The molecule has 1 heterocycles. The maximum absolute atomic E-state index is 5.88. The first kappa shape index (κ1) is 13.8. The first-order chi connectivity index (χ1) is 8.63. The summed E-state index contributed by atoms with van der Waals surface area (Å²) < 4.78 is 1.11. The summed E-state index contributed by atoms with van der Waals surface area (Å²) in [6, 6.07) is 6.95. The molecule has 0 spiro atoms. The topological polar surface area (TPSA) is 32.5 Å². The fourth-order valence-corrected chi connectivity index (χ4v) is 3.18. The number of anilines is 1. The Balaban J connectivity index is 2.18. The van der Waals surface area contributed by atoms with Crippen molar-refractivity contribution in [3.63, 3.8) is 0 Å². The lowest BCUT2D eigenvalue weighted by molar-refractivity contribution is 0.252. The maximum atomic E-state index is 5.88. The van der Waals surface area contributed by atoms with E-state index in [0.29, 0.717) is 12.6 Å². The number of halogens is 1. The van der Waals surface area contributed by atoms with Crippen LogP contribution in [0.5, 0.6) is 0 Å². The lowest BCUT2D eigenvalue weighted by Crippen LogP contribution is -2.42. The average Bonchev–Trinajstić information content (AvgIpc) is 2.38. The lowest BCUT2D eigenvalue weighted by Gasteiger charge is -2.37. The molecule has 1 aromatic carbocycles. The van der Waals surface area contributed by atoms with E-state index in [1.54, 1.807) is 0 Å². The third kappa shape index (κ3) is 2.87. The van der Waals surface area contributed by atoms with Crippen LogP contribution in [-0.2, 0) is 6.54 Å². The number of hydrogen-bond donors (Lipinski definition) is 1. The molecule has 1 fully saturated rings. The molecule has 100 valence electrons. The summed E-state index contributed by atoms with van der Waals surface area (Å²) in [5.74, 6) is 0. The third-order valence-electron chi connectivity index (χ3n) is 3.91. The first-order valence-electron chi connectivity index (χ1n) is 6.52. The molecule has 0 atom stereocenters. The van der Waals surface area contributed by atoms with Crippen LogP contribution < -0.4 is 10.6 Å². The van der Waals surface area contributed by atoms with Crippen molar-refractivity contribution < 1.29 is 0 Å². The van der Waals surface area contributed by atoms with E-state index >= 15 is 0 Å². The van der Waals surface area contributed by atoms with Gasteiger partial charge in [-0.05, 0) is 45.1 Å². The van der Waals surface area contributed by atoms with Crippen LogP contribution in [0.15, 0.2) is 22.7 Å². The summed E-state index contributed by atoms with van der Waals surface area (Å²) in [5, 5.41) is 0. The molecule has 0 aliphatic carbocycles. The molecule has 1 saturated heterocycles. The highest BCUT2D eigenvalue weighted by molar-refractivity contribution is 9.10. The zero-order chi connectivity index (χ0) is 13.1. The molecular formula is C14H22BrN3. The Morgan fingerprint density at radius 1 is 1.39 bits per heavy atom. The first-order valence-corrected chi connectivity index (χ1v) is 7.31. The molecule has 4 heteroatoms. The highest BCUT2D eigenvalue weighted by Gasteiger charge is 2.22. The van der Waals surface area contributed by atoms with Gasteiger partial charge in [0.15, 0.2) is 0 Å². The van der Waals surface area contributed by atoms with Gasteiger partial charge >= 0.3 is 0 Å². The van der Waals surface area contributed by atoms with Crippen LogP contribution in [0.3, 0.4) is 0 Å². The van der Waals surface area contributed by atoms with Crippen molar-refractivity contribution in [1.82, 2.24) is 4.90 Å². The summed E-state index contributed by atoms with van der Waals surface area (Å²) in [6.07, 6.45) is 2.45. The van der Waals surface area contributed by atoms with E-state index in [0.717, 1.165) is 4.47 Å². The van der Waals surface area contributed by atoms with Crippen molar-refractivity contribution in [2.45, 2.75) is 25.4 Å². The van der Waals surface area contributed by atoms with Crippen LogP contribution in [0.4, 0.5) is 5.69 Å². The number of nitrogens with two attached hydrogens (primary N) is 1. The van der Waals surface area contributed by atoms with Gasteiger partial charge in [-0.3, -0.25) is 0 Å². The van der Waals surface area contributed by atoms with Crippen LogP contribution in [-0.4, -0.2) is 38.1 Å². The van der Waals surface area contributed by atoms with Crippen LogP contribution in [0.2, 0.25) is 0 Å². The number of hydrogen-bond acceptors (Lipinski definition) is 3. The molecular weight excluding hydrogens is 290 g/mol. The Bertz CT molecular complexity index is 400. The number of nitrogens with zero attached hydrogens (tertiary/aromatic N) is 2. The Labute approximate surface area is 118 Å². The molecule has 0 aromatic heterocycles. The SMILES string of the molecule is CN1CCC(N(C)c2cccc(Br)c2CN)CC1. The molecule has 1 aromatic rings. The van der Waals surface area contributed by atoms with Gasteiger partial charge in [0.05, 0.1) is 0 Å². The standard InChI is InChI=1S/C14H22BrN3/c1-17-8-6-11(7-9-17)18(2)14-5-3-4-13(15)12(14)10-16/h3-5,11H,6-10,16H2,1-2H3. The van der Waals surface area contributed by atoms with Gasteiger partial charge < -0.3 is 15.5 Å². The van der Waals surface area contributed by atoms with Crippen molar-refractivity contribution in [3.8, 4) is 0 Å². The quantitative estimate of drug-likeness (QED) is 0.930. The molecule has 1 aliphatic rings. The van der Waals surface area contributed by atoms with Gasteiger partial charge in [0.1, 0.15) is 0 Å². The molecule has 0 bridgehead atoms. The van der Waals surface area contributed by atoms with Crippen LogP contribution in [0.25, 0.3) is 0 Å². The van der Waals surface area contributed by atoms with Gasteiger partial charge in [-0.2, -0.15) is 0 Å². The molecule has 3 nitrogen and oxygen atoms in total. The summed E-state index contributed by atoms with van der Waals surface area (Å²) in [6.45, 7) is 2.94. The predicted molar refractivity (Wildman–Crippen MR) is 81.0 cm³/mol. The summed E-state index contributed by atoms with van der Waals surface area (Å²) >= 11 is 3.59. The van der Waals surface area contributed by atoms with Crippen molar-refractivity contribution >= 4 is 21.6 Å². The Morgan fingerprint density at radius 3 is 2.67 bits per heavy atom. The summed E-state index contributed by atoms with van der Waals surface area (Å²) in [4.78, 5) is 4.80. The Hall–Kier alpha value is -0.580. The highest BCUT2D eigenvalue weighted by atomic mass is 79.9. The van der Waals surface area contributed by atoms with Crippen molar-refractivity contribution in [3.05, 3.63) is 28.2 Å². The molecule has 1 aliphatic heterocycles. The molecule has 18 heavy (non-hydrogen) atoms. The average molecular weight is 312 g/mol. The van der Waals surface area contributed by atoms with Gasteiger partial charge in [0.25, 0.3) is 0 Å². The molecule has 0 saturated carbocycles. The van der Waals surface area contributed by atoms with E-state index in [-0.39, 0.29) is 0 Å². The predicted octanol–water partition coefficient (Wildman–Crippen LogP) is 2.44. The van der Waals surface area contributed by atoms with Gasteiger partial charge in [-0.25, -0.2) is 0 Å². The second-order valence-corrected chi connectivity index (χ2v) is 5.94. The maximum Gasteiger partial charge on any atom is 0.0423 e. The van der Waals surface area contributed by atoms with Gasteiger partial charge in [-0.15, -0.1) is 0 Å². The number of piperidine rings is 1. The highest BCUT2D eigenvalue weighted by Crippen LogP contribution is 2.29. The van der Waals surface area contributed by atoms with Gasteiger partial charge in [0.2, 0.25) is 0 Å². The Kier molecular flexibility index (Phi) is 4.65. The van der Waals surface area contributed by atoms with E-state index < -0.39 is 0 Å². The third-order valence-corrected chi connectivity index (χ3v) is 4.66. The van der Waals surface area contributed by atoms with Crippen LogP contribution in [0.1, 0.15) is 18.4 Å². The fraction of sp³-hybridized carbons (Fsp3) is 0.571. The Morgan fingerprint density at radius 2 is 2.06 bits per heavy atom. The summed E-state index contributed by atoms with van der Waals surface area (Å²) in [5.41, 5.74) is 8.35. The monoisotopic (exact) mass is 311 g/mol. The summed E-state index contributed by atoms with van der Waals surface area (Å²) in [7, 11) is 4.39. The van der Waals surface area contributed by atoms with Crippen LogP contribution >= 0.6 is 15.9 Å². The number of likely N-dealkylation sites (tertiary alicyclic amines) is 1. The molecule has 0 unspecified atom stereocenters. The molecule has 2 N–H and O–H groups in total. The van der Waals surface area contributed by atoms with Crippen molar-refractivity contribution in [2.24, 2.45) is 5.73 Å².